The summed E-state index contributed by atoms with van der Waals surface area (Å²) in [5.41, 5.74) is 1.15. The molecule has 7 heteroatoms. The van der Waals surface area contributed by atoms with Crippen molar-refractivity contribution in [2.45, 2.75) is 18.6 Å². The minimum absolute atomic E-state index is 0.0396. The van der Waals surface area contributed by atoms with E-state index in [0.717, 1.165) is 12.0 Å². The van der Waals surface area contributed by atoms with E-state index in [4.69, 9.17) is 18.9 Å². The average molecular weight is 368 g/mol. The Hall–Kier alpha value is -3.06. The normalized spacial score (nSPS) is 21.9. The molecule has 2 aliphatic heterocycles. The summed E-state index contributed by atoms with van der Waals surface area (Å²) in [6.45, 7) is 0.561. The number of rotatable bonds is 2. The van der Waals surface area contributed by atoms with Crippen molar-refractivity contribution in [1.82, 2.24) is 0 Å². The smallest absolute Gasteiger partial charge is 0.207 e. The summed E-state index contributed by atoms with van der Waals surface area (Å²) >= 11 is 0. The van der Waals surface area contributed by atoms with Crippen LogP contribution in [0, 0.1) is 0 Å². The largest absolute Gasteiger partial charge is 0.507 e. The summed E-state index contributed by atoms with van der Waals surface area (Å²) < 4.78 is 22.1. The van der Waals surface area contributed by atoms with Gasteiger partial charge in [-0.2, -0.15) is 0 Å². The fraction of sp³-hybridized carbons (Fsp3) is 0.300. The van der Waals surface area contributed by atoms with Crippen molar-refractivity contribution >= 4 is 11.6 Å². The van der Waals surface area contributed by atoms with Gasteiger partial charge in [-0.3, -0.25) is 9.59 Å². The molecule has 0 amide bonds. The van der Waals surface area contributed by atoms with Gasteiger partial charge in [0, 0.05) is 22.8 Å². The molecule has 1 aliphatic carbocycles. The highest BCUT2D eigenvalue weighted by Gasteiger charge is 2.47. The number of fused-ring (bicyclic) bond motifs is 6. The number of phenols is 1. The van der Waals surface area contributed by atoms with Gasteiger partial charge < -0.3 is 24.1 Å². The number of aromatic hydroxyl groups is 1. The number of phenolic OH excluding ortho intramolecular Hbond substituents is 1. The second-order valence-corrected chi connectivity index (χ2v) is 6.72. The van der Waals surface area contributed by atoms with Gasteiger partial charge in [-0.1, -0.05) is 0 Å². The zero-order valence-corrected chi connectivity index (χ0v) is 14.7. The first-order chi connectivity index (χ1) is 13.0. The van der Waals surface area contributed by atoms with Gasteiger partial charge in [0.15, 0.2) is 5.78 Å². The molecule has 2 aromatic rings. The van der Waals surface area contributed by atoms with Crippen molar-refractivity contribution < 1.29 is 33.6 Å². The van der Waals surface area contributed by atoms with Gasteiger partial charge >= 0.3 is 0 Å². The predicted octanol–water partition coefficient (Wildman–Crippen LogP) is 2.41. The summed E-state index contributed by atoms with van der Waals surface area (Å²) in [5, 5.41) is 10.3. The van der Waals surface area contributed by atoms with Crippen LogP contribution in [0.25, 0.3) is 0 Å². The third kappa shape index (κ3) is 2.00. The number of benzene rings is 2. The number of ether oxygens (including phenoxy) is 4. The highest BCUT2D eigenvalue weighted by Crippen LogP contribution is 2.53. The summed E-state index contributed by atoms with van der Waals surface area (Å²) in [6, 6.07) is 4.35. The Balaban J connectivity index is 1.78. The zero-order valence-electron chi connectivity index (χ0n) is 14.7. The molecule has 0 spiro atoms. The molecule has 2 heterocycles. The molecule has 0 aromatic heterocycles. The third-order valence-corrected chi connectivity index (χ3v) is 5.42. The van der Waals surface area contributed by atoms with Crippen LogP contribution in [-0.2, 0) is 4.74 Å². The van der Waals surface area contributed by atoms with Crippen LogP contribution in [0.5, 0.6) is 23.0 Å². The van der Waals surface area contributed by atoms with Gasteiger partial charge in [0.25, 0.3) is 0 Å². The maximum atomic E-state index is 13.2. The molecule has 2 aromatic carbocycles. The van der Waals surface area contributed by atoms with Crippen molar-refractivity contribution in [3.63, 3.8) is 0 Å². The van der Waals surface area contributed by atoms with E-state index in [-0.39, 0.29) is 33.9 Å². The number of carbonyl (C=O) groups excluding carboxylic acids is 2. The molecule has 0 bridgehead atoms. The molecular formula is C20H16O7. The van der Waals surface area contributed by atoms with Gasteiger partial charge in [-0.15, -0.1) is 0 Å². The number of ketones is 2. The first-order valence-corrected chi connectivity index (χ1v) is 8.58. The van der Waals surface area contributed by atoms with Crippen LogP contribution in [0.3, 0.4) is 0 Å². The van der Waals surface area contributed by atoms with Crippen LogP contribution in [0.1, 0.15) is 49.7 Å². The fourth-order valence-electron chi connectivity index (χ4n) is 4.18. The fourth-order valence-corrected chi connectivity index (χ4v) is 4.18. The molecule has 2 unspecified atom stereocenters. The highest BCUT2D eigenvalue weighted by molar-refractivity contribution is 6.30. The lowest BCUT2D eigenvalue weighted by molar-refractivity contribution is -0.0340. The van der Waals surface area contributed by atoms with E-state index >= 15 is 0 Å². The summed E-state index contributed by atoms with van der Waals surface area (Å²) in [6.07, 6.45) is 0.253. The SMILES string of the molecule is COc1cc(O)c2c(c1)C(=O)c1cc(OC)c3c(c1C2=O)OC1OCCC31. The monoisotopic (exact) mass is 368 g/mol. The topological polar surface area (TPSA) is 91.3 Å². The Kier molecular flexibility index (Phi) is 3.27. The molecular weight excluding hydrogens is 352 g/mol. The van der Waals surface area contributed by atoms with Crippen LogP contribution in [0.15, 0.2) is 18.2 Å². The Morgan fingerprint density at radius 2 is 1.81 bits per heavy atom. The average Bonchev–Trinajstić information content (AvgIpc) is 3.25. The first kappa shape index (κ1) is 16.1. The van der Waals surface area contributed by atoms with Crippen LogP contribution in [-0.4, -0.2) is 43.8 Å². The van der Waals surface area contributed by atoms with E-state index in [1.165, 1.54) is 26.4 Å². The minimum Gasteiger partial charge on any atom is -0.507 e. The lowest BCUT2D eigenvalue weighted by Crippen LogP contribution is -2.23. The van der Waals surface area contributed by atoms with Crippen LogP contribution >= 0.6 is 0 Å². The molecule has 7 nitrogen and oxygen atoms in total. The number of methoxy groups -OCH3 is 2. The van der Waals surface area contributed by atoms with Crippen molar-refractivity contribution in [1.29, 1.82) is 0 Å². The van der Waals surface area contributed by atoms with Crippen LogP contribution < -0.4 is 14.2 Å². The Bertz CT molecular complexity index is 1020. The lowest BCUT2D eigenvalue weighted by Gasteiger charge is -2.22. The molecule has 138 valence electrons. The standard InChI is InChI=1S/C20H16O7/c1-24-8-5-10-14(12(21)6-8)18(23)16-11(17(10)22)7-13(25-2)15-9-3-4-26-20(9)27-19(15)16/h5-7,9,20-21H,3-4H2,1-2H3. The number of hydrogen-bond donors (Lipinski definition) is 1. The lowest BCUT2D eigenvalue weighted by atomic mass is 9.80. The second-order valence-electron chi connectivity index (χ2n) is 6.72. The molecule has 1 N–H and O–H groups in total. The molecule has 0 saturated carbocycles. The van der Waals surface area contributed by atoms with E-state index in [0.29, 0.717) is 23.9 Å². The zero-order chi connectivity index (χ0) is 18.9. The highest BCUT2D eigenvalue weighted by atomic mass is 16.7. The molecule has 1 fully saturated rings. The number of carbonyl (C=O) groups is 2. The Morgan fingerprint density at radius 1 is 1.04 bits per heavy atom. The Morgan fingerprint density at radius 3 is 2.56 bits per heavy atom. The van der Waals surface area contributed by atoms with Crippen molar-refractivity contribution in [3.05, 3.63) is 46.0 Å². The van der Waals surface area contributed by atoms with Gasteiger partial charge in [-0.25, -0.2) is 0 Å². The summed E-state index contributed by atoms with van der Waals surface area (Å²) in [4.78, 5) is 26.4. The van der Waals surface area contributed by atoms with Crippen molar-refractivity contribution in [2.75, 3.05) is 20.8 Å². The summed E-state index contributed by atoms with van der Waals surface area (Å²) in [5.74, 6) is -0.0867. The van der Waals surface area contributed by atoms with E-state index in [2.05, 4.69) is 0 Å². The third-order valence-electron chi connectivity index (χ3n) is 5.42. The Labute approximate surface area is 154 Å². The number of hydrogen-bond acceptors (Lipinski definition) is 7. The van der Waals surface area contributed by atoms with Crippen molar-refractivity contribution in [2.24, 2.45) is 0 Å². The van der Waals surface area contributed by atoms with Crippen LogP contribution in [0.2, 0.25) is 0 Å². The van der Waals surface area contributed by atoms with E-state index in [1.54, 1.807) is 6.07 Å². The van der Waals surface area contributed by atoms with Gasteiger partial charge in [0.05, 0.1) is 37.9 Å². The van der Waals surface area contributed by atoms with E-state index in [1.807, 2.05) is 0 Å². The molecule has 27 heavy (non-hydrogen) atoms. The molecule has 2 atom stereocenters. The summed E-state index contributed by atoms with van der Waals surface area (Å²) in [7, 11) is 2.94. The van der Waals surface area contributed by atoms with Crippen molar-refractivity contribution in [3.8, 4) is 23.0 Å². The molecule has 1 saturated heterocycles. The maximum absolute atomic E-state index is 13.2. The van der Waals surface area contributed by atoms with Crippen LogP contribution in [0.4, 0.5) is 0 Å². The molecule has 5 rings (SSSR count). The quantitative estimate of drug-likeness (QED) is 0.743. The maximum Gasteiger partial charge on any atom is 0.207 e. The van der Waals surface area contributed by atoms with E-state index < -0.39 is 17.9 Å². The first-order valence-electron chi connectivity index (χ1n) is 8.58. The second kappa shape index (κ2) is 5.47. The van der Waals surface area contributed by atoms with Gasteiger partial charge in [0.1, 0.15) is 23.0 Å². The van der Waals surface area contributed by atoms with E-state index in [9.17, 15) is 14.7 Å². The molecule has 3 aliphatic rings. The predicted molar refractivity (Wildman–Crippen MR) is 92.2 cm³/mol. The van der Waals surface area contributed by atoms with Gasteiger partial charge in [-0.05, 0) is 18.6 Å². The van der Waals surface area contributed by atoms with Gasteiger partial charge in [0.2, 0.25) is 12.1 Å². The molecule has 0 radical (unpaired) electrons. The minimum atomic E-state index is -0.492.